The maximum absolute atomic E-state index is 11.4. The van der Waals surface area contributed by atoms with E-state index in [-0.39, 0.29) is 6.09 Å². The Balaban J connectivity index is 1.78. The van der Waals surface area contributed by atoms with E-state index in [9.17, 15) is 4.79 Å². The normalized spacial score (nSPS) is 34.9. The molecule has 2 bridgehead atoms. The van der Waals surface area contributed by atoms with Gasteiger partial charge in [-0.2, -0.15) is 0 Å². The number of carbonyl (C=O) groups excluding carboxylic acids is 1. The van der Waals surface area contributed by atoms with Crippen molar-refractivity contribution in [2.24, 2.45) is 5.92 Å². The Morgan fingerprint density at radius 2 is 2.21 bits per heavy atom. The molecule has 0 aromatic carbocycles. The van der Waals surface area contributed by atoms with Crippen LogP contribution in [0.2, 0.25) is 0 Å². The topological polar surface area (TPSA) is 50.4 Å². The van der Waals surface area contributed by atoms with Crippen molar-refractivity contribution in [2.45, 2.75) is 44.9 Å². The largest absolute Gasteiger partial charge is 0.444 e. The first-order chi connectivity index (χ1) is 6.46. The van der Waals surface area contributed by atoms with Gasteiger partial charge in [0, 0.05) is 12.6 Å². The van der Waals surface area contributed by atoms with Crippen molar-refractivity contribution in [3.05, 3.63) is 0 Å². The molecule has 1 saturated carbocycles. The third kappa shape index (κ3) is 1.85. The van der Waals surface area contributed by atoms with E-state index in [0.29, 0.717) is 18.0 Å². The third-order valence-electron chi connectivity index (χ3n) is 2.82. The van der Waals surface area contributed by atoms with Crippen LogP contribution in [0.25, 0.3) is 0 Å². The lowest BCUT2D eigenvalue weighted by molar-refractivity contribution is 0.0452. The number of rotatable bonds is 1. The molecule has 2 N–H and O–H groups in total. The highest BCUT2D eigenvalue weighted by molar-refractivity contribution is 5.68. The van der Waals surface area contributed by atoms with Gasteiger partial charge in [0.05, 0.1) is 6.04 Å². The van der Waals surface area contributed by atoms with Gasteiger partial charge >= 0.3 is 6.09 Å². The van der Waals surface area contributed by atoms with E-state index in [2.05, 4.69) is 10.6 Å². The first-order valence-corrected chi connectivity index (χ1v) is 5.18. The highest BCUT2D eigenvalue weighted by atomic mass is 16.6. The Labute approximate surface area is 84.4 Å². The van der Waals surface area contributed by atoms with Gasteiger partial charge in [0.25, 0.3) is 0 Å². The zero-order valence-corrected chi connectivity index (χ0v) is 8.96. The zero-order chi connectivity index (χ0) is 10.3. The van der Waals surface area contributed by atoms with Gasteiger partial charge in [-0.05, 0) is 33.1 Å². The molecule has 2 unspecified atom stereocenters. The van der Waals surface area contributed by atoms with Gasteiger partial charge in [-0.3, -0.25) is 0 Å². The lowest BCUT2D eigenvalue weighted by atomic mass is 9.80. The predicted molar refractivity (Wildman–Crippen MR) is 53.1 cm³/mol. The molecule has 2 aliphatic heterocycles. The minimum atomic E-state index is -0.402. The number of hydrogen-bond donors (Lipinski definition) is 2. The maximum Gasteiger partial charge on any atom is 0.407 e. The van der Waals surface area contributed by atoms with Gasteiger partial charge in [-0.15, -0.1) is 0 Å². The molecule has 4 nitrogen and oxygen atoms in total. The van der Waals surface area contributed by atoms with E-state index in [1.165, 1.54) is 6.42 Å². The molecule has 0 aromatic rings. The SMILES string of the molecule is CC(C)(C)OC(=O)NC1C2C[C@@H]1CN2. The molecule has 14 heavy (non-hydrogen) atoms. The molecule has 3 atom stereocenters. The van der Waals surface area contributed by atoms with Crippen LogP contribution in [0, 0.1) is 5.92 Å². The van der Waals surface area contributed by atoms with Crippen LogP contribution >= 0.6 is 0 Å². The van der Waals surface area contributed by atoms with Crippen LogP contribution in [-0.4, -0.2) is 30.3 Å². The second-order valence-corrected chi connectivity index (χ2v) is 5.18. The minimum absolute atomic E-state index is 0.291. The molecule has 0 radical (unpaired) electrons. The molecular formula is C10H18N2O2. The first kappa shape index (κ1) is 9.77. The molecule has 2 saturated heterocycles. The summed E-state index contributed by atoms with van der Waals surface area (Å²) in [7, 11) is 0. The predicted octanol–water partition coefficient (Wildman–Crippen LogP) is 0.871. The average molecular weight is 198 g/mol. The average Bonchev–Trinajstić information content (AvgIpc) is 2.55. The standard InChI is InChI=1S/C10H18N2O2/c1-10(2,3)14-9(13)12-8-6-4-7(8)11-5-6/h6-8,11H,4-5H2,1-3H3,(H,12,13)/t6-,7?,8?/m1/s1. The lowest BCUT2D eigenvalue weighted by Gasteiger charge is -2.35. The second kappa shape index (κ2) is 3.12. The molecule has 3 rings (SSSR count). The molecular weight excluding hydrogens is 180 g/mol. The summed E-state index contributed by atoms with van der Waals surface area (Å²) in [6.45, 7) is 6.66. The van der Waals surface area contributed by atoms with Crippen LogP contribution in [0.15, 0.2) is 0 Å². The second-order valence-electron chi connectivity index (χ2n) is 5.18. The summed E-state index contributed by atoms with van der Waals surface area (Å²) in [6, 6.07) is 0.775. The summed E-state index contributed by atoms with van der Waals surface area (Å²) in [6.07, 6.45) is 0.904. The fraction of sp³-hybridized carbons (Fsp3) is 0.900. The van der Waals surface area contributed by atoms with E-state index < -0.39 is 5.60 Å². The van der Waals surface area contributed by atoms with Crippen molar-refractivity contribution in [2.75, 3.05) is 6.54 Å². The Kier molecular flexibility index (Phi) is 2.18. The molecule has 2 heterocycles. The third-order valence-corrected chi connectivity index (χ3v) is 2.82. The van der Waals surface area contributed by atoms with Crippen LogP contribution in [0.4, 0.5) is 4.79 Å². The first-order valence-electron chi connectivity index (χ1n) is 5.18. The van der Waals surface area contributed by atoms with Gasteiger partial charge < -0.3 is 15.4 Å². The lowest BCUT2D eigenvalue weighted by Crippen LogP contribution is -2.54. The molecule has 1 amide bonds. The van der Waals surface area contributed by atoms with Crippen molar-refractivity contribution in [1.29, 1.82) is 0 Å². The van der Waals surface area contributed by atoms with Gasteiger partial charge in [-0.25, -0.2) is 4.79 Å². The van der Waals surface area contributed by atoms with Crippen molar-refractivity contribution < 1.29 is 9.53 Å². The van der Waals surface area contributed by atoms with Crippen molar-refractivity contribution in [3.63, 3.8) is 0 Å². The molecule has 3 fully saturated rings. The van der Waals surface area contributed by atoms with E-state index in [1.807, 2.05) is 20.8 Å². The Morgan fingerprint density at radius 3 is 2.64 bits per heavy atom. The maximum atomic E-state index is 11.4. The highest BCUT2D eigenvalue weighted by Gasteiger charge is 2.47. The van der Waals surface area contributed by atoms with Gasteiger partial charge in [0.2, 0.25) is 0 Å². The zero-order valence-electron chi connectivity index (χ0n) is 8.96. The summed E-state index contributed by atoms with van der Waals surface area (Å²) in [4.78, 5) is 11.4. The fourth-order valence-electron chi connectivity index (χ4n) is 2.14. The highest BCUT2D eigenvalue weighted by Crippen LogP contribution is 2.33. The smallest absolute Gasteiger partial charge is 0.407 e. The van der Waals surface area contributed by atoms with Gasteiger partial charge in [0.15, 0.2) is 0 Å². The number of amides is 1. The number of nitrogens with one attached hydrogen (secondary N) is 2. The van der Waals surface area contributed by atoms with Crippen LogP contribution < -0.4 is 10.6 Å². The van der Waals surface area contributed by atoms with E-state index >= 15 is 0 Å². The molecule has 0 spiro atoms. The number of alkyl carbamates (subject to hydrolysis) is 1. The van der Waals surface area contributed by atoms with Crippen LogP contribution in [0.5, 0.6) is 0 Å². The van der Waals surface area contributed by atoms with Crippen LogP contribution in [-0.2, 0) is 4.74 Å². The summed E-state index contributed by atoms with van der Waals surface area (Å²) < 4.78 is 5.19. The molecule has 1 aliphatic carbocycles. The summed E-state index contributed by atoms with van der Waals surface area (Å²) in [5.74, 6) is 0.618. The van der Waals surface area contributed by atoms with Crippen molar-refractivity contribution in [3.8, 4) is 0 Å². The Morgan fingerprint density at radius 1 is 1.50 bits per heavy atom. The number of carbonyl (C=O) groups is 1. The van der Waals surface area contributed by atoms with Crippen molar-refractivity contribution >= 4 is 6.09 Å². The fourth-order valence-corrected chi connectivity index (χ4v) is 2.14. The van der Waals surface area contributed by atoms with Crippen molar-refractivity contribution in [1.82, 2.24) is 10.6 Å². The number of fused-ring (bicyclic) bond motifs is 1. The monoisotopic (exact) mass is 198 g/mol. The Hall–Kier alpha value is -0.770. The summed E-state index contributed by atoms with van der Waals surface area (Å²) in [5, 5.41) is 6.25. The van der Waals surface area contributed by atoms with E-state index in [4.69, 9.17) is 4.74 Å². The number of ether oxygens (including phenoxy) is 1. The summed E-state index contributed by atoms with van der Waals surface area (Å²) in [5.41, 5.74) is -0.402. The molecule has 3 aliphatic rings. The van der Waals surface area contributed by atoms with Gasteiger partial charge in [0.1, 0.15) is 5.60 Å². The summed E-state index contributed by atoms with van der Waals surface area (Å²) >= 11 is 0. The van der Waals surface area contributed by atoms with E-state index in [1.54, 1.807) is 0 Å². The molecule has 80 valence electrons. The van der Waals surface area contributed by atoms with Crippen LogP contribution in [0.3, 0.4) is 0 Å². The van der Waals surface area contributed by atoms with Gasteiger partial charge in [-0.1, -0.05) is 0 Å². The molecule has 4 heteroatoms. The van der Waals surface area contributed by atoms with E-state index in [0.717, 1.165) is 6.54 Å². The quantitative estimate of drug-likeness (QED) is 0.657. The Bertz CT molecular complexity index is 233. The minimum Gasteiger partial charge on any atom is -0.444 e. The van der Waals surface area contributed by atoms with Crippen LogP contribution in [0.1, 0.15) is 27.2 Å². The molecule has 0 aromatic heterocycles. The number of hydrogen-bond acceptors (Lipinski definition) is 3.